The molecule has 27 heavy (non-hydrogen) atoms. The fourth-order valence-electron chi connectivity index (χ4n) is 3.49. The highest BCUT2D eigenvalue weighted by Gasteiger charge is 2.50. The van der Waals surface area contributed by atoms with Crippen molar-refractivity contribution in [2.75, 3.05) is 12.9 Å². The molecule has 1 atom stereocenters. The van der Waals surface area contributed by atoms with Crippen molar-refractivity contribution in [2.45, 2.75) is 45.3 Å². The number of benzene rings is 2. The second kappa shape index (κ2) is 8.69. The van der Waals surface area contributed by atoms with Crippen LogP contribution in [-0.4, -0.2) is 35.7 Å². The predicted octanol–water partition coefficient (Wildman–Crippen LogP) is 3.32. The van der Waals surface area contributed by atoms with Crippen molar-refractivity contribution in [1.82, 2.24) is 0 Å². The van der Waals surface area contributed by atoms with Crippen LogP contribution in [0.2, 0.25) is 5.04 Å². The lowest BCUT2D eigenvalue weighted by Crippen LogP contribution is -2.66. The monoisotopic (exact) mass is 406 g/mol. The molecular weight excluding hydrogens is 376 g/mol. The molecule has 0 N–H and O–H groups in total. The van der Waals surface area contributed by atoms with Gasteiger partial charge in [0.1, 0.15) is 0 Å². The Labute approximate surface area is 164 Å². The molecule has 0 spiro atoms. The third-order valence-electron chi connectivity index (χ3n) is 4.60. The van der Waals surface area contributed by atoms with Gasteiger partial charge >= 0.3 is 0 Å². The third-order valence-corrected chi connectivity index (χ3v) is 10.3. The Morgan fingerprint density at radius 1 is 0.926 bits per heavy atom. The molecule has 0 aliphatic heterocycles. The van der Waals surface area contributed by atoms with Gasteiger partial charge in [0.25, 0.3) is 18.4 Å². The van der Waals surface area contributed by atoms with Crippen molar-refractivity contribution in [3.63, 3.8) is 0 Å². The molecular formula is C21H30O4SSi. The van der Waals surface area contributed by atoms with Gasteiger partial charge in [-0.05, 0) is 28.8 Å². The van der Waals surface area contributed by atoms with Gasteiger partial charge in [0, 0.05) is 6.61 Å². The molecule has 0 aromatic heterocycles. The van der Waals surface area contributed by atoms with E-state index in [0.717, 1.165) is 6.26 Å². The van der Waals surface area contributed by atoms with E-state index in [4.69, 9.17) is 8.61 Å². The molecule has 2 rings (SSSR count). The largest absolute Gasteiger partial charge is 0.407 e. The molecule has 0 fully saturated rings. The topological polar surface area (TPSA) is 52.6 Å². The number of rotatable bonds is 8. The second-order valence-corrected chi connectivity index (χ2v) is 13.8. The first-order chi connectivity index (χ1) is 12.6. The number of hydrogen-bond donors (Lipinski definition) is 0. The lowest BCUT2D eigenvalue weighted by atomic mass is 10.2. The Hall–Kier alpha value is -1.47. The highest BCUT2D eigenvalue weighted by atomic mass is 32.2. The van der Waals surface area contributed by atoms with Crippen LogP contribution in [0, 0.1) is 0 Å². The molecule has 0 saturated carbocycles. The molecule has 0 saturated heterocycles. The van der Waals surface area contributed by atoms with Crippen LogP contribution in [0.15, 0.2) is 60.7 Å². The molecule has 0 radical (unpaired) electrons. The van der Waals surface area contributed by atoms with E-state index < -0.39 is 24.5 Å². The van der Waals surface area contributed by atoms with Gasteiger partial charge in [-0.15, -0.1) is 0 Å². The van der Waals surface area contributed by atoms with E-state index in [9.17, 15) is 8.42 Å². The lowest BCUT2D eigenvalue weighted by molar-refractivity contribution is 0.180. The minimum absolute atomic E-state index is 0.101. The highest BCUT2D eigenvalue weighted by molar-refractivity contribution is 7.86. The zero-order valence-electron chi connectivity index (χ0n) is 16.8. The first-order valence-corrected chi connectivity index (χ1v) is 12.9. The van der Waals surface area contributed by atoms with Gasteiger partial charge in [-0.1, -0.05) is 81.4 Å². The Morgan fingerprint density at radius 3 is 1.74 bits per heavy atom. The smallest absolute Gasteiger partial charge is 0.264 e. The molecule has 0 aliphatic rings. The molecule has 0 aliphatic carbocycles. The van der Waals surface area contributed by atoms with Crippen molar-refractivity contribution in [2.24, 2.45) is 0 Å². The molecule has 2 aromatic rings. The van der Waals surface area contributed by atoms with Crippen molar-refractivity contribution in [3.05, 3.63) is 60.7 Å². The summed E-state index contributed by atoms with van der Waals surface area (Å²) in [6.45, 7) is 8.85. The van der Waals surface area contributed by atoms with Crippen molar-refractivity contribution >= 4 is 28.8 Å². The van der Waals surface area contributed by atoms with Gasteiger partial charge in [0.15, 0.2) is 0 Å². The summed E-state index contributed by atoms with van der Waals surface area (Å²) in [7, 11) is -6.05. The Kier molecular flexibility index (Phi) is 7.02. The van der Waals surface area contributed by atoms with Crippen LogP contribution in [-0.2, 0) is 18.7 Å². The van der Waals surface area contributed by atoms with Crippen LogP contribution in [0.3, 0.4) is 0 Å². The summed E-state index contributed by atoms with van der Waals surface area (Å²) < 4.78 is 34.5. The van der Waals surface area contributed by atoms with Crippen LogP contribution >= 0.6 is 0 Å². The summed E-state index contributed by atoms with van der Waals surface area (Å²) in [6, 6.07) is 20.8. The summed E-state index contributed by atoms with van der Waals surface area (Å²) in [5, 5.41) is 2.32. The fraction of sp³-hybridized carbons (Fsp3) is 0.429. The summed E-state index contributed by atoms with van der Waals surface area (Å²) in [5.74, 6) is 0. The Morgan fingerprint density at radius 2 is 1.37 bits per heavy atom. The molecule has 2 aromatic carbocycles. The van der Waals surface area contributed by atoms with Crippen molar-refractivity contribution in [1.29, 1.82) is 0 Å². The zero-order valence-corrected chi connectivity index (χ0v) is 18.6. The maximum atomic E-state index is 11.3. The van der Waals surface area contributed by atoms with Crippen molar-refractivity contribution < 1.29 is 17.0 Å². The first-order valence-electron chi connectivity index (χ1n) is 9.19. The molecule has 148 valence electrons. The Bertz CT molecular complexity index is 775. The maximum Gasteiger partial charge on any atom is 0.264 e. The van der Waals surface area contributed by atoms with Gasteiger partial charge < -0.3 is 4.43 Å². The average Bonchev–Trinajstić information content (AvgIpc) is 2.57. The first kappa shape index (κ1) is 21.8. The quantitative estimate of drug-likeness (QED) is 0.498. The Balaban J connectivity index is 2.38. The van der Waals surface area contributed by atoms with Gasteiger partial charge in [0.05, 0.1) is 12.4 Å². The van der Waals surface area contributed by atoms with E-state index in [1.165, 1.54) is 10.4 Å². The highest BCUT2D eigenvalue weighted by Crippen LogP contribution is 2.36. The standard InChI is InChI=1S/C21H30O4SSi/c1-18(25-26(5,22)23)16-17-24-27(21(2,3)4,19-12-8-6-9-13-19)20-14-10-7-11-15-20/h6-15,18H,16-17H2,1-5H3. The van der Waals surface area contributed by atoms with E-state index in [1.807, 2.05) is 36.4 Å². The molecule has 4 nitrogen and oxygen atoms in total. The van der Waals surface area contributed by atoms with Crippen LogP contribution in [0.1, 0.15) is 34.1 Å². The predicted molar refractivity (Wildman–Crippen MR) is 114 cm³/mol. The zero-order chi connectivity index (χ0) is 20.1. The number of hydrogen-bond acceptors (Lipinski definition) is 4. The minimum atomic E-state index is -3.47. The summed E-state index contributed by atoms with van der Waals surface area (Å²) in [6.07, 6.45) is 1.17. The van der Waals surface area contributed by atoms with Crippen LogP contribution < -0.4 is 10.4 Å². The fourth-order valence-corrected chi connectivity index (χ4v) is 8.76. The second-order valence-electron chi connectivity index (χ2n) is 7.91. The molecule has 0 bridgehead atoms. The van der Waals surface area contributed by atoms with E-state index in [-0.39, 0.29) is 5.04 Å². The van der Waals surface area contributed by atoms with Gasteiger partial charge in [-0.25, -0.2) is 0 Å². The SMILES string of the molecule is CC(CCO[Si](c1ccccc1)(c1ccccc1)C(C)(C)C)OS(C)(=O)=O. The maximum absolute atomic E-state index is 11.3. The average molecular weight is 407 g/mol. The molecule has 0 heterocycles. The van der Waals surface area contributed by atoms with E-state index >= 15 is 0 Å². The molecule has 0 amide bonds. The minimum Gasteiger partial charge on any atom is -0.407 e. The van der Waals surface area contributed by atoms with Crippen LogP contribution in [0.5, 0.6) is 0 Å². The molecule has 1 unspecified atom stereocenters. The van der Waals surface area contributed by atoms with E-state index in [2.05, 4.69) is 45.0 Å². The normalized spacial score (nSPS) is 14.1. The summed E-state index contributed by atoms with van der Waals surface area (Å²) >= 11 is 0. The van der Waals surface area contributed by atoms with Gasteiger partial charge in [0.2, 0.25) is 0 Å². The van der Waals surface area contributed by atoms with Crippen molar-refractivity contribution in [3.8, 4) is 0 Å². The van der Waals surface area contributed by atoms with Gasteiger partial charge in [-0.3, -0.25) is 4.18 Å². The van der Waals surface area contributed by atoms with E-state index in [1.54, 1.807) is 6.92 Å². The molecule has 6 heteroatoms. The van der Waals surface area contributed by atoms with Crippen LogP contribution in [0.4, 0.5) is 0 Å². The third kappa shape index (κ3) is 5.51. The van der Waals surface area contributed by atoms with E-state index in [0.29, 0.717) is 13.0 Å². The van der Waals surface area contributed by atoms with Gasteiger partial charge in [-0.2, -0.15) is 8.42 Å². The van der Waals surface area contributed by atoms with Crippen LogP contribution in [0.25, 0.3) is 0 Å². The summed E-state index contributed by atoms with van der Waals surface area (Å²) in [5.41, 5.74) is 0. The lowest BCUT2D eigenvalue weighted by Gasteiger charge is -2.43. The summed E-state index contributed by atoms with van der Waals surface area (Å²) in [4.78, 5) is 0.